The van der Waals surface area contributed by atoms with E-state index in [1.54, 1.807) is 36.4 Å². The summed E-state index contributed by atoms with van der Waals surface area (Å²) in [5.74, 6) is -8.23. The van der Waals surface area contributed by atoms with E-state index in [0.29, 0.717) is 87.9 Å². The summed E-state index contributed by atoms with van der Waals surface area (Å²) in [6, 6.07) is 66.4. The van der Waals surface area contributed by atoms with Gasteiger partial charge in [-0.15, -0.1) is 22.1 Å². The molecular weight excluding hydrogens is 1430 g/mol. The fraction of sp³-hybridized carbons (Fsp3) is 0. The first-order valence-corrected chi connectivity index (χ1v) is 30.9. The summed E-state index contributed by atoms with van der Waals surface area (Å²) in [5.41, 5.74) is 3.75. The number of hydrogen-bond donors (Lipinski definition) is 6. The van der Waals surface area contributed by atoms with Gasteiger partial charge in [0.2, 0.25) is 0 Å². The Balaban J connectivity index is 0.00000764. The number of benzene rings is 12. The van der Waals surface area contributed by atoms with Gasteiger partial charge in [-0.05, 0) is 218 Å². The zero-order valence-electron chi connectivity index (χ0n) is 51.2. The Bertz CT molecular complexity index is 5980. The number of fused-ring (bicyclic) bond motifs is 4. The Morgan fingerprint density at radius 3 is 0.707 bits per heavy atom. The summed E-state index contributed by atoms with van der Waals surface area (Å²) in [5, 5.41) is 73.6. The van der Waals surface area contributed by atoms with Crippen LogP contribution in [0.15, 0.2) is 231 Å². The molecule has 2 aliphatic heterocycles. The molecule has 0 unspecified atom stereocenters. The van der Waals surface area contributed by atoms with Gasteiger partial charge in [-0.2, -0.15) is 0 Å². The molecule has 17 heteroatoms. The van der Waals surface area contributed by atoms with Crippen LogP contribution in [-0.4, -0.2) is 76.4 Å². The number of carbonyl (C=O) groups is 6. The Morgan fingerprint density at radius 2 is 0.465 bits per heavy atom. The van der Waals surface area contributed by atoms with Crippen LogP contribution in [0, 0.1) is 0 Å². The van der Waals surface area contributed by atoms with Gasteiger partial charge in [-0.1, -0.05) is 121 Å². The summed E-state index contributed by atoms with van der Waals surface area (Å²) in [6.07, 6.45) is 0. The van der Waals surface area contributed by atoms with Crippen LogP contribution in [0.2, 0.25) is 0 Å². The Kier molecular flexibility index (Phi) is 14.1. The molecule has 12 aromatic carbocycles. The van der Waals surface area contributed by atoms with Gasteiger partial charge >= 0.3 is 56.9 Å². The molecule has 0 radical (unpaired) electrons. The standard InChI is InChI=1S/C82H46N4O12.Pt/c87-77(88)49-21-9-19-47(23-49)65-69-57-31-39-11-1-2-12-40(39)32-58(57)70(83-69)66(48-20-10-22-50(24-48)78(89)90)72-60-34-42-14-4-6-16-44(42)36-62(60)74(85-72)68(52-27-55(81(95)96)30-56(28-52)82(97)98)76-64-38-46-18-8-7-17-45(46)37-63(64)75(86-76)67(51-25-53(79(91)92)29-54(26-51)80(93)94)73-61-35-43-15-5-3-13-41(43)33-59(61)71(65)84-73;/h1-38H,(H8,83,84,85,86,87,88,89,90,91,92,93,94,95,96,97,98);/q;+2/p-2. The van der Waals surface area contributed by atoms with Gasteiger partial charge in [-0.25, -0.2) is 38.7 Å². The van der Waals surface area contributed by atoms with Crippen LogP contribution in [0.1, 0.15) is 62.1 Å². The zero-order chi connectivity index (χ0) is 67.1. The second-order valence-corrected chi connectivity index (χ2v) is 24.3. The third kappa shape index (κ3) is 9.87. The normalized spacial score (nSPS) is 11.6. The number of aromatic nitrogens is 4. The molecule has 0 atom stereocenters. The van der Waals surface area contributed by atoms with E-state index >= 15 is 0 Å². The van der Waals surface area contributed by atoms with Crippen molar-refractivity contribution in [2.24, 2.45) is 0 Å². The number of hydrogen-bond acceptors (Lipinski definition) is 8. The van der Waals surface area contributed by atoms with E-state index in [0.717, 1.165) is 44.5 Å². The average Bonchev–Trinajstić information content (AvgIpc) is 1.56. The van der Waals surface area contributed by atoms with Crippen LogP contribution >= 0.6 is 0 Å². The Morgan fingerprint density at radius 1 is 0.242 bits per heavy atom. The molecule has 14 aromatic rings. The van der Waals surface area contributed by atoms with E-state index in [2.05, 4.69) is 0 Å². The molecule has 0 saturated carbocycles. The molecule has 6 N–H and O–H groups in total. The third-order valence-electron chi connectivity index (χ3n) is 18.6. The molecular formula is C82H44N4O12Pt. The first-order chi connectivity index (χ1) is 47.5. The number of carboxylic acid groups (broad SMARTS) is 6. The predicted molar refractivity (Wildman–Crippen MR) is 376 cm³/mol. The molecule has 4 heterocycles. The predicted octanol–water partition coefficient (Wildman–Crippen LogP) is 18.0. The molecule has 1 aliphatic carbocycles. The fourth-order valence-electron chi connectivity index (χ4n) is 14.2. The van der Waals surface area contributed by atoms with Gasteiger partial charge in [0.15, 0.2) is 0 Å². The van der Waals surface area contributed by atoms with Gasteiger partial charge in [-0.3, -0.25) is 0 Å². The molecule has 3 aliphatic rings. The van der Waals surface area contributed by atoms with E-state index in [-0.39, 0.29) is 111 Å². The fourth-order valence-corrected chi connectivity index (χ4v) is 14.2. The maximum Gasteiger partial charge on any atom is 2.00 e. The quantitative estimate of drug-likeness (QED) is 0.0742. The van der Waals surface area contributed by atoms with Crippen LogP contribution < -0.4 is 9.97 Å². The monoisotopic (exact) mass is 1470 g/mol. The molecule has 0 amide bonds. The van der Waals surface area contributed by atoms with Gasteiger partial charge in [0.05, 0.1) is 56.2 Å². The smallest absolute Gasteiger partial charge is 0.656 e. The Hall–Kier alpha value is -13.2. The maximum atomic E-state index is 13.5. The molecule has 99 heavy (non-hydrogen) atoms. The van der Waals surface area contributed by atoms with Gasteiger partial charge in [0.25, 0.3) is 0 Å². The minimum atomic E-state index is -1.44. The SMILES string of the molecule is O=C(O)c1cccc(-c2c3nc(c(-c4cc(C(=O)O)cc(C(=O)O)c4)c4[n-]c(c(-c5cc(C(=O)O)cc(C(=O)O)c5)c5nc(c(-c6cccc(C(=O)O)c6)c6[n-]c2c2cc7ccccc7cc62)-c2cc6ccccc6cc2-5)c2cc5ccccc5cc42)-c2cc4ccccc4cc2-3)c1.[Pt+2]. The van der Waals surface area contributed by atoms with Crippen LogP contribution in [0.25, 0.3) is 176 Å². The summed E-state index contributed by atoms with van der Waals surface area (Å²) < 4.78 is 0. The van der Waals surface area contributed by atoms with Crippen molar-refractivity contribution in [2.45, 2.75) is 0 Å². The van der Waals surface area contributed by atoms with E-state index in [1.165, 1.54) is 36.4 Å². The van der Waals surface area contributed by atoms with Gasteiger partial charge in [0, 0.05) is 22.3 Å². The molecule has 0 fully saturated rings. The summed E-state index contributed by atoms with van der Waals surface area (Å²) in [7, 11) is 0. The van der Waals surface area contributed by atoms with E-state index in [9.17, 15) is 59.4 Å². The van der Waals surface area contributed by atoms with Crippen LogP contribution in [0.4, 0.5) is 0 Å². The summed E-state index contributed by atoms with van der Waals surface area (Å²) in [4.78, 5) is 104. The van der Waals surface area contributed by atoms with E-state index < -0.39 is 35.8 Å². The first-order valence-electron chi connectivity index (χ1n) is 30.9. The largest absolute Gasteiger partial charge is 2.00 e. The Labute approximate surface area is 572 Å². The average molecular weight is 1470 g/mol. The third-order valence-corrected chi connectivity index (χ3v) is 18.6. The number of rotatable bonds is 10. The number of nitrogens with zero attached hydrogens (tertiary/aromatic N) is 4. The van der Waals surface area contributed by atoms with E-state index in [1.807, 2.05) is 146 Å². The van der Waals surface area contributed by atoms with Gasteiger partial charge < -0.3 is 40.6 Å². The molecule has 8 bridgehead atoms. The molecule has 17 rings (SSSR count). The van der Waals surface area contributed by atoms with Crippen molar-refractivity contribution in [3.05, 3.63) is 264 Å². The molecule has 2 aromatic heterocycles. The maximum absolute atomic E-state index is 13.5. The first kappa shape index (κ1) is 60.8. The summed E-state index contributed by atoms with van der Waals surface area (Å²) in [6.45, 7) is 0. The van der Waals surface area contributed by atoms with Crippen molar-refractivity contribution in [3.63, 3.8) is 0 Å². The van der Waals surface area contributed by atoms with Crippen LogP contribution in [0.3, 0.4) is 0 Å². The van der Waals surface area contributed by atoms with Crippen LogP contribution in [-0.2, 0) is 21.1 Å². The van der Waals surface area contributed by atoms with Crippen LogP contribution in [0.5, 0.6) is 0 Å². The second kappa shape index (κ2) is 23.0. The molecule has 0 spiro atoms. The van der Waals surface area contributed by atoms with Crippen molar-refractivity contribution >= 4 is 123 Å². The zero-order valence-corrected chi connectivity index (χ0v) is 53.4. The van der Waals surface area contributed by atoms with Crippen molar-refractivity contribution < 1.29 is 80.5 Å². The van der Waals surface area contributed by atoms with Crippen molar-refractivity contribution in [3.8, 4) is 89.5 Å². The minimum absolute atomic E-state index is 0. The summed E-state index contributed by atoms with van der Waals surface area (Å²) >= 11 is 0. The topological polar surface area (TPSA) is 278 Å². The van der Waals surface area contributed by atoms with Crippen molar-refractivity contribution in [2.75, 3.05) is 0 Å². The number of aromatic carboxylic acids is 6. The minimum Gasteiger partial charge on any atom is -0.656 e. The van der Waals surface area contributed by atoms with Crippen molar-refractivity contribution in [1.29, 1.82) is 0 Å². The second-order valence-electron chi connectivity index (χ2n) is 24.3. The molecule has 16 nitrogen and oxygen atoms in total. The molecule has 474 valence electrons. The van der Waals surface area contributed by atoms with Gasteiger partial charge in [0.1, 0.15) is 0 Å². The van der Waals surface area contributed by atoms with E-state index in [4.69, 9.17) is 19.9 Å². The van der Waals surface area contributed by atoms with Crippen molar-refractivity contribution in [1.82, 2.24) is 19.9 Å². The molecule has 0 saturated heterocycles. The number of carboxylic acids is 6.